The van der Waals surface area contributed by atoms with Crippen molar-refractivity contribution in [3.05, 3.63) is 86.8 Å². The Bertz CT molecular complexity index is 1320. The largest absolute Gasteiger partial charge is 0.292 e. The second-order valence-electron chi connectivity index (χ2n) is 7.99. The highest BCUT2D eigenvalue weighted by atomic mass is 32.1. The number of fused-ring (bicyclic) bond motifs is 2. The van der Waals surface area contributed by atoms with E-state index in [2.05, 4.69) is 23.2 Å². The zero-order valence-corrected chi connectivity index (χ0v) is 17.7. The molecular weight excluding hydrogens is 392 g/mol. The number of carbonyl (C=O) groups is 1. The summed E-state index contributed by atoms with van der Waals surface area (Å²) < 4.78 is 1.43. The molecule has 0 radical (unpaired) electrons. The molecule has 0 bridgehead atoms. The van der Waals surface area contributed by atoms with Crippen molar-refractivity contribution < 1.29 is 4.79 Å². The van der Waals surface area contributed by atoms with Crippen LogP contribution in [-0.4, -0.2) is 15.3 Å². The van der Waals surface area contributed by atoms with Crippen molar-refractivity contribution >= 4 is 27.3 Å². The number of Topliss-reactive ketones (excluding diaryl/α,β-unsaturated/α-hetero) is 1. The average molecular weight is 415 g/mol. The summed E-state index contributed by atoms with van der Waals surface area (Å²) in [7, 11) is 0. The Kier molecular flexibility index (Phi) is 4.83. The molecule has 0 amide bonds. The lowest BCUT2D eigenvalue weighted by molar-refractivity contribution is 0.0970. The molecule has 2 aromatic heterocycles. The van der Waals surface area contributed by atoms with E-state index in [1.807, 2.05) is 24.4 Å². The smallest absolute Gasteiger partial charge is 0.263 e. The Balaban J connectivity index is 1.54. The van der Waals surface area contributed by atoms with Crippen molar-refractivity contribution in [3.8, 4) is 11.1 Å². The normalized spacial score (nSPS) is 13.4. The van der Waals surface area contributed by atoms with Crippen molar-refractivity contribution in [3.63, 3.8) is 0 Å². The number of aryl methyl sites for hydroxylation is 3. The Morgan fingerprint density at radius 2 is 1.83 bits per heavy atom. The molecule has 0 unspecified atom stereocenters. The second kappa shape index (κ2) is 7.65. The summed E-state index contributed by atoms with van der Waals surface area (Å²) in [5.74, 6) is -0.0937. The van der Waals surface area contributed by atoms with Crippen LogP contribution in [-0.2, 0) is 19.4 Å². The molecule has 0 saturated carbocycles. The van der Waals surface area contributed by atoms with Gasteiger partial charge in [0.25, 0.3) is 5.56 Å². The number of hydrogen-bond donors (Lipinski definition) is 0. The van der Waals surface area contributed by atoms with E-state index in [1.54, 1.807) is 12.1 Å². The standard InChI is InChI=1S/C25H22N2O2S/c1-16-6-8-18(9-7-16)22(28)13-27-15-26-24-23(25(27)29)21(14-30-24)20-11-10-17-4-2-3-5-19(17)12-20/h6-12,14-15H,2-5,13H2,1H3. The molecule has 4 aromatic rings. The fourth-order valence-electron chi connectivity index (χ4n) is 4.18. The van der Waals surface area contributed by atoms with Gasteiger partial charge in [0.1, 0.15) is 4.83 Å². The molecular formula is C25H22N2O2S. The second-order valence-corrected chi connectivity index (χ2v) is 8.85. The molecule has 0 saturated heterocycles. The van der Waals surface area contributed by atoms with Crippen molar-refractivity contribution in [2.45, 2.75) is 39.2 Å². The fraction of sp³-hybridized carbons (Fsp3) is 0.240. The van der Waals surface area contributed by atoms with Crippen LogP contribution in [0.5, 0.6) is 0 Å². The molecule has 2 heterocycles. The number of thiophene rings is 1. The summed E-state index contributed by atoms with van der Waals surface area (Å²) in [5.41, 5.74) is 6.32. The Morgan fingerprint density at radius 3 is 2.63 bits per heavy atom. The van der Waals surface area contributed by atoms with Gasteiger partial charge in [0, 0.05) is 16.5 Å². The van der Waals surface area contributed by atoms with Gasteiger partial charge in [-0.25, -0.2) is 4.98 Å². The summed E-state index contributed by atoms with van der Waals surface area (Å²) in [6, 6.07) is 14.0. The van der Waals surface area contributed by atoms with Gasteiger partial charge >= 0.3 is 0 Å². The first-order chi connectivity index (χ1) is 14.6. The first-order valence-corrected chi connectivity index (χ1v) is 11.2. The van der Waals surface area contributed by atoms with Crippen LogP contribution in [0.3, 0.4) is 0 Å². The minimum Gasteiger partial charge on any atom is -0.292 e. The van der Waals surface area contributed by atoms with Crippen LogP contribution in [0.25, 0.3) is 21.3 Å². The third kappa shape index (κ3) is 3.39. The summed E-state index contributed by atoms with van der Waals surface area (Å²) >= 11 is 1.48. The molecule has 1 aliphatic carbocycles. The van der Waals surface area contributed by atoms with E-state index in [4.69, 9.17) is 0 Å². The van der Waals surface area contributed by atoms with Gasteiger partial charge in [-0.3, -0.25) is 14.2 Å². The molecule has 0 N–H and O–H groups in total. The maximum Gasteiger partial charge on any atom is 0.263 e. The van der Waals surface area contributed by atoms with Crippen molar-refractivity contribution in [1.29, 1.82) is 0 Å². The van der Waals surface area contributed by atoms with E-state index in [1.165, 1.54) is 46.2 Å². The lowest BCUT2D eigenvalue weighted by Crippen LogP contribution is -2.24. The summed E-state index contributed by atoms with van der Waals surface area (Å²) in [4.78, 5) is 31.1. The first kappa shape index (κ1) is 18.9. The van der Waals surface area contributed by atoms with Crippen molar-refractivity contribution in [1.82, 2.24) is 9.55 Å². The quantitative estimate of drug-likeness (QED) is 0.432. The fourth-order valence-corrected chi connectivity index (χ4v) is 5.09. The van der Waals surface area contributed by atoms with Crippen molar-refractivity contribution in [2.24, 2.45) is 0 Å². The summed E-state index contributed by atoms with van der Waals surface area (Å²) in [6.07, 6.45) is 6.19. The molecule has 30 heavy (non-hydrogen) atoms. The zero-order chi connectivity index (χ0) is 20.7. The maximum absolute atomic E-state index is 13.3. The van der Waals surface area contributed by atoms with E-state index in [-0.39, 0.29) is 17.9 Å². The molecule has 0 atom stereocenters. The third-order valence-electron chi connectivity index (χ3n) is 5.91. The highest BCUT2D eigenvalue weighted by Gasteiger charge is 2.17. The van der Waals surface area contributed by atoms with Gasteiger partial charge in [-0.1, -0.05) is 48.0 Å². The number of aromatic nitrogens is 2. The Labute approximate surface area is 178 Å². The zero-order valence-electron chi connectivity index (χ0n) is 16.9. The number of rotatable bonds is 4. The van der Waals surface area contributed by atoms with E-state index in [0.29, 0.717) is 15.8 Å². The van der Waals surface area contributed by atoms with Crippen LogP contribution < -0.4 is 5.56 Å². The predicted molar refractivity (Wildman–Crippen MR) is 121 cm³/mol. The van der Waals surface area contributed by atoms with Gasteiger partial charge in [-0.15, -0.1) is 11.3 Å². The van der Waals surface area contributed by atoms with Crippen LogP contribution in [0.4, 0.5) is 0 Å². The lowest BCUT2D eigenvalue weighted by Gasteiger charge is -2.16. The van der Waals surface area contributed by atoms with Gasteiger partial charge in [-0.2, -0.15) is 0 Å². The molecule has 150 valence electrons. The topological polar surface area (TPSA) is 52.0 Å². The maximum atomic E-state index is 13.3. The Morgan fingerprint density at radius 1 is 1.07 bits per heavy atom. The van der Waals surface area contributed by atoms with Crippen LogP contribution >= 0.6 is 11.3 Å². The van der Waals surface area contributed by atoms with Gasteiger partial charge < -0.3 is 0 Å². The molecule has 4 nitrogen and oxygen atoms in total. The average Bonchev–Trinajstić information content (AvgIpc) is 3.21. The highest BCUT2D eigenvalue weighted by Crippen LogP contribution is 2.33. The summed E-state index contributed by atoms with van der Waals surface area (Å²) in [6.45, 7) is 1.97. The molecule has 5 rings (SSSR count). The lowest BCUT2D eigenvalue weighted by atomic mass is 9.89. The SMILES string of the molecule is Cc1ccc(C(=O)Cn2cnc3scc(-c4ccc5c(c4)CCCC5)c3c2=O)cc1. The first-order valence-electron chi connectivity index (χ1n) is 10.3. The van der Waals surface area contributed by atoms with E-state index >= 15 is 0 Å². The molecule has 0 spiro atoms. The third-order valence-corrected chi connectivity index (χ3v) is 6.79. The number of carbonyl (C=O) groups excluding carboxylic acids is 1. The van der Waals surface area contributed by atoms with Gasteiger partial charge in [0.2, 0.25) is 0 Å². The molecule has 2 aromatic carbocycles. The summed E-state index contributed by atoms with van der Waals surface area (Å²) in [5, 5.41) is 2.62. The molecule has 0 aliphatic heterocycles. The van der Waals surface area contributed by atoms with Crippen LogP contribution in [0.1, 0.15) is 39.9 Å². The number of benzene rings is 2. The van der Waals surface area contributed by atoms with Gasteiger partial charge in [0.15, 0.2) is 5.78 Å². The number of ketones is 1. The molecule has 5 heteroatoms. The van der Waals surface area contributed by atoms with Gasteiger partial charge in [0.05, 0.1) is 18.3 Å². The van der Waals surface area contributed by atoms with Gasteiger partial charge in [-0.05, 0) is 49.3 Å². The van der Waals surface area contributed by atoms with Crippen LogP contribution in [0.15, 0.2) is 59.0 Å². The molecule has 0 fully saturated rings. The van der Waals surface area contributed by atoms with E-state index in [0.717, 1.165) is 29.5 Å². The van der Waals surface area contributed by atoms with E-state index < -0.39 is 0 Å². The van der Waals surface area contributed by atoms with E-state index in [9.17, 15) is 9.59 Å². The highest BCUT2D eigenvalue weighted by molar-refractivity contribution is 7.17. The number of nitrogens with zero attached hydrogens (tertiary/aromatic N) is 2. The minimum atomic E-state index is -0.158. The van der Waals surface area contributed by atoms with Crippen LogP contribution in [0.2, 0.25) is 0 Å². The predicted octanol–water partition coefficient (Wildman–Crippen LogP) is 5.20. The minimum absolute atomic E-state index is 0.00961. The monoisotopic (exact) mass is 414 g/mol. The molecule has 1 aliphatic rings. The number of hydrogen-bond acceptors (Lipinski definition) is 4. The van der Waals surface area contributed by atoms with Crippen molar-refractivity contribution in [2.75, 3.05) is 0 Å². The Hall–Kier alpha value is -3.05. The van der Waals surface area contributed by atoms with Crippen LogP contribution in [0, 0.1) is 6.92 Å².